The molecule has 0 aromatic heterocycles. The van der Waals surface area contributed by atoms with Gasteiger partial charge < -0.3 is 10.7 Å². The van der Waals surface area contributed by atoms with Gasteiger partial charge in [0, 0.05) is 0 Å². The van der Waals surface area contributed by atoms with Crippen LogP contribution in [0.5, 0.6) is 0 Å². The van der Waals surface area contributed by atoms with Crippen LogP contribution in [0.3, 0.4) is 0 Å². The molecule has 0 radical (unpaired) electrons. The molecule has 0 unspecified atom stereocenters. The molecule has 3 N–H and O–H groups in total. The van der Waals surface area contributed by atoms with Crippen LogP contribution in [0.4, 0.5) is 0 Å². The second-order valence-corrected chi connectivity index (χ2v) is 0.238. The molecular weight excluding hydrogens is 145 g/mol. The molecule has 7 heavy (non-hydrogen) atoms. The van der Waals surface area contributed by atoms with Crippen LogP contribution in [-0.2, 0) is 0 Å². The molecule has 0 fully saturated rings. The number of hydrogen-bond acceptors (Lipinski definition) is 2. The summed E-state index contributed by atoms with van der Waals surface area (Å²) in [5.41, 5.74) is 0. The predicted molar refractivity (Wildman–Crippen MR) is 23.9 cm³/mol. The summed E-state index contributed by atoms with van der Waals surface area (Å²) in [7, 11) is 0. The Bertz CT molecular complexity index is 34.7. The van der Waals surface area contributed by atoms with E-state index in [0.29, 0.717) is 0 Å². The van der Waals surface area contributed by atoms with Crippen molar-refractivity contribution in [2.75, 3.05) is 0 Å². The van der Waals surface area contributed by atoms with E-state index in [-0.39, 0.29) is 60.6 Å². The molecule has 0 rings (SSSR count). The van der Waals surface area contributed by atoms with Crippen molar-refractivity contribution in [3.63, 3.8) is 0 Å². The summed E-state index contributed by atoms with van der Waals surface area (Å²) in [5.74, 6) is 0. The van der Waals surface area contributed by atoms with Gasteiger partial charge in [-0.15, -0.1) is 10.1 Å². The van der Waals surface area contributed by atoms with Gasteiger partial charge in [-0.25, -0.2) is 0 Å². The van der Waals surface area contributed by atoms with Crippen molar-refractivity contribution in [2.24, 2.45) is 0 Å². The normalized spacial score (nSPS) is 3.43. The molecule has 0 aliphatic heterocycles. The molecule has 0 aromatic rings. The Morgan fingerprint density at radius 3 is 1.57 bits per heavy atom. The maximum Gasteiger partial charge on any atom is 3.00 e. The SMILES string of the molecule is O.O=[N+]([O-])O.[Al+3].[Ca+2]. The Hall–Kier alpha value is 0.952. The third-order valence-electron chi connectivity index (χ3n) is 0. The van der Waals surface area contributed by atoms with Crippen LogP contribution < -0.4 is 0 Å². The Morgan fingerprint density at radius 2 is 1.57 bits per heavy atom. The third kappa shape index (κ3) is 188. The quantitative estimate of drug-likeness (QED) is 0.246. The van der Waals surface area contributed by atoms with Gasteiger partial charge in [-0.2, -0.15) is 0 Å². The average Bonchev–Trinajstić information content (AvgIpc) is 0.811. The smallest absolute Gasteiger partial charge is 0.412 e. The summed E-state index contributed by atoms with van der Waals surface area (Å²) >= 11 is 0. The molecule has 0 atom stereocenters. The van der Waals surface area contributed by atoms with Crippen molar-refractivity contribution < 1.29 is 15.8 Å². The van der Waals surface area contributed by atoms with Crippen molar-refractivity contribution >= 4 is 55.1 Å². The predicted octanol–water partition coefficient (Wildman–Crippen LogP) is -1.93. The van der Waals surface area contributed by atoms with Gasteiger partial charge in [0.2, 0.25) is 0 Å². The van der Waals surface area contributed by atoms with Crippen molar-refractivity contribution in [3.8, 4) is 0 Å². The van der Waals surface area contributed by atoms with Crippen LogP contribution in [0.25, 0.3) is 0 Å². The van der Waals surface area contributed by atoms with Crippen LogP contribution in [0.1, 0.15) is 0 Å². The van der Waals surface area contributed by atoms with Gasteiger partial charge in [0.1, 0.15) is 0 Å². The summed E-state index contributed by atoms with van der Waals surface area (Å²) in [6.07, 6.45) is 0. The van der Waals surface area contributed by atoms with E-state index < -0.39 is 5.09 Å². The Balaban J connectivity index is -0.0000000150. The van der Waals surface area contributed by atoms with Gasteiger partial charge in [0.05, 0.1) is 0 Å². The average molecular weight is 148 g/mol. The van der Waals surface area contributed by atoms with Crippen LogP contribution in [0.15, 0.2) is 0 Å². The van der Waals surface area contributed by atoms with Crippen LogP contribution in [0.2, 0.25) is 0 Å². The van der Waals surface area contributed by atoms with E-state index in [1.165, 1.54) is 0 Å². The Morgan fingerprint density at radius 1 is 1.57 bits per heavy atom. The largest absolute Gasteiger partial charge is 3.00 e. The summed E-state index contributed by atoms with van der Waals surface area (Å²) in [6.45, 7) is 0. The molecular formula is H3AlCaNO4+5. The molecule has 0 aliphatic rings. The van der Waals surface area contributed by atoms with Crippen molar-refractivity contribution in [1.29, 1.82) is 0 Å². The minimum absolute atomic E-state index is 0. The minimum atomic E-state index is -1.50. The van der Waals surface area contributed by atoms with Crippen LogP contribution >= 0.6 is 0 Å². The molecule has 7 heteroatoms. The fourth-order valence-electron chi connectivity index (χ4n) is 0. The molecule has 0 spiro atoms. The second-order valence-electron chi connectivity index (χ2n) is 0.238. The van der Waals surface area contributed by atoms with E-state index in [0.717, 1.165) is 0 Å². The summed E-state index contributed by atoms with van der Waals surface area (Å²) < 4.78 is 0. The summed E-state index contributed by atoms with van der Waals surface area (Å²) in [6, 6.07) is 0. The van der Waals surface area contributed by atoms with Gasteiger partial charge in [-0.05, 0) is 0 Å². The molecule has 32 valence electrons. The van der Waals surface area contributed by atoms with Gasteiger partial charge in [0.25, 0.3) is 5.09 Å². The van der Waals surface area contributed by atoms with Gasteiger partial charge in [-0.1, -0.05) is 0 Å². The van der Waals surface area contributed by atoms with Crippen molar-refractivity contribution in [2.45, 2.75) is 0 Å². The summed E-state index contributed by atoms with van der Waals surface area (Å²) in [4.78, 5) is 8.36. The minimum Gasteiger partial charge on any atom is -0.412 e. The molecule has 0 bridgehead atoms. The van der Waals surface area contributed by atoms with Gasteiger partial charge >= 0.3 is 55.1 Å². The zero-order chi connectivity index (χ0) is 3.58. The summed E-state index contributed by atoms with van der Waals surface area (Å²) in [5, 5.41) is 13.6. The maximum absolute atomic E-state index is 8.36. The standard InChI is InChI=1S/Al.Ca.HNO3.H2O/c;;2-1(3)4;/h;;(H,2,3,4);1H2/q+3;+2;;. The topological polar surface area (TPSA) is 94.9 Å². The molecule has 0 heterocycles. The van der Waals surface area contributed by atoms with Gasteiger partial charge in [0.15, 0.2) is 0 Å². The van der Waals surface area contributed by atoms with E-state index in [2.05, 4.69) is 0 Å². The first-order valence-electron chi connectivity index (χ1n) is 0.565. The van der Waals surface area contributed by atoms with Gasteiger partial charge in [-0.3, -0.25) is 0 Å². The van der Waals surface area contributed by atoms with E-state index in [4.69, 9.17) is 15.3 Å². The third-order valence-corrected chi connectivity index (χ3v) is 0. The van der Waals surface area contributed by atoms with E-state index >= 15 is 0 Å². The number of rotatable bonds is 0. The maximum atomic E-state index is 8.36. The zero-order valence-corrected chi connectivity index (χ0v) is 6.86. The fraction of sp³-hybridized carbons (Fsp3) is 0. The number of hydrogen-bond donors (Lipinski definition) is 1. The molecule has 0 aliphatic carbocycles. The monoisotopic (exact) mass is 148 g/mol. The van der Waals surface area contributed by atoms with Crippen molar-refractivity contribution in [1.82, 2.24) is 0 Å². The molecule has 0 aromatic carbocycles. The van der Waals surface area contributed by atoms with Crippen LogP contribution in [-0.4, -0.2) is 70.9 Å². The molecule has 0 saturated heterocycles. The van der Waals surface area contributed by atoms with Crippen LogP contribution in [0, 0.1) is 10.1 Å². The first-order valence-corrected chi connectivity index (χ1v) is 0.565. The first kappa shape index (κ1) is 24.6. The zero-order valence-electron chi connectivity index (χ0n) is 3.50. The molecule has 0 amide bonds. The Labute approximate surface area is 80.2 Å². The first-order chi connectivity index (χ1) is 1.73. The molecule has 5 nitrogen and oxygen atoms in total. The van der Waals surface area contributed by atoms with E-state index in [1.54, 1.807) is 0 Å². The van der Waals surface area contributed by atoms with E-state index in [9.17, 15) is 0 Å². The number of nitrogens with zero attached hydrogens (tertiary/aromatic N) is 1. The molecule has 0 saturated carbocycles. The fourth-order valence-corrected chi connectivity index (χ4v) is 0. The van der Waals surface area contributed by atoms with Crippen molar-refractivity contribution in [3.05, 3.63) is 10.1 Å². The second kappa shape index (κ2) is 15.8. The Kier molecular flexibility index (Phi) is 55.4. The van der Waals surface area contributed by atoms with E-state index in [1.807, 2.05) is 0 Å².